The van der Waals surface area contributed by atoms with E-state index in [9.17, 15) is 23.2 Å². The fourth-order valence-electron chi connectivity index (χ4n) is 2.79. The molecule has 0 bridgehead atoms. The van der Waals surface area contributed by atoms with E-state index in [1.807, 2.05) is 24.1 Å². The van der Waals surface area contributed by atoms with E-state index >= 15 is 0 Å². The summed E-state index contributed by atoms with van der Waals surface area (Å²) in [6, 6.07) is 13.1. The first-order valence-corrected chi connectivity index (χ1v) is 8.93. The zero-order valence-corrected chi connectivity index (χ0v) is 15.2. The molecule has 3 rings (SSSR count). The highest BCUT2D eigenvalue weighted by Crippen LogP contribution is 2.27. The van der Waals surface area contributed by atoms with Gasteiger partial charge in [0.25, 0.3) is 0 Å². The number of nitrogens with zero attached hydrogens (tertiary/aromatic N) is 1. The fraction of sp³-hybridized carbons (Fsp3) is 0.222. The number of hydrogen-bond donors (Lipinski definition) is 2. The number of rotatable bonds is 6. The van der Waals surface area contributed by atoms with Crippen LogP contribution in [0.3, 0.4) is 0 Å². The van der Waals surface area contributed by atoms with Gasteiger partial charge in [0.2, 0.25) is 0 Å². The van der Waals surface area contributed by atoms with Crippen LogP contribution in [0.15, 0.2) is 48.5 Å². The number of thiophene rings is 1. The lowest BCUT2D eigenvalue weighted by Crippen LogP contribution is -2.29. The highest BCUT2D eigenvalue weighted by molar-refractivity contribution is 7.19. The van der Waals surface area contributed by atoms with E-state index in [1.54, 1.807) is 35.6 Å². The first kappa shape index (κ1) is 19.7. The van der Waals surface area contributed by atoms with E-state index in [0.29, 0.717) is 18.6 Å². The fourth-order valence-corrected chi connectivity index (χ4v) is 3.91. The van der Waals surface area contributed by atoms with Crippen molar-refractivity contribution in [2.45, 2.75) is 19.5 Å². The lowest BCUT2D eigenvalue weighted by Gasteiger charge is -2.16. The van der Waals surface area contributed by atoms with Gasteiger partial charge < -0.3 is 14.8 Å². The summed E-state index contributed by atoms with van der Waals surface area (Å²) in [5, 5.41) is 19.5. The third-order valence-corrected chi connectivity index (χ3v) is 5.03. The van der Waals surface area contributed by atoms with Gasteiger partial charge in [-0.2, -0.15) is 0 Å². The van der Waals surface area contributed by atoms with Crippen LogP contribution in [0.25, 0.3) is 10.1 Å². The van der Waals surface area contributed by atoms with Crippen LogP contribution in [0.4, 0.5) is 13.2 Å². The number of fused-ring (bicyclic) bond motifs is 1. The molecule has 0 unspecified atom stereocenters. The van der Waals surface area contributed by atoms with Crippen LogP contribution in [0, 0.1) is 0 Å². The van der Waals surface area contributed by atoms with Gasteiger partial charge in [-0.25, -0.2) is 0 Å². The number of ether oxygens (including phenoxy) is 1. The van der Waals surface area contributed by atoms with Crippen molar-refractivity contribution < 1.29 is 28.0 Å². The minimum Gasteiger partial charge on any atom is -0.423 e. The van der Waals surface area contributed by atoms with Gasteiger partial charge in [0.1, 0.15) is 5.75 Å². The second-order valence-corrected chi connectivity index (χ2v) is 7.42. The molecule has 0 saturated heterocycles. The standard InChI is InChI=1S/C18H17BF3NO3S/c1-23(10-12-2-5-15(6-3-12)26-18(20,21)22)11-16-9-13-8-14(19(24)25)4-7-17(13)27-16/h2-9,24-25H,10-11H2,1H3. The van der Waals surface area contributed by atoms with Crippen molar-refractivity contribution in [3.05, 3.63) is 59.0 Å². The summed E-state index contributed by atoms with van der Waals surface area (Å²) in [6.07, 6.45) is -4.69. The maximum atomic E-state index is 12.2. The zero-order valence-electron chi connectivity index (χ0n) is 14.4. The Bertz CT molecular complexity index is 912. The van der Waals surface area contributed by atoms with Crippen molar-refractivity contribution in [3.63, 3.8) is 0 Å². The Labute approximate surface area is 158 Å². The van der Waals surface area contributed by atoms with Crippen LogP contribution in [-0.2, 0) is 13.1 Å². The molecule has 0 aliphatic rings. The lowest BCUT2D eigenvalue weighted by molar-refractivity contribution is -0.274. The van der Waals surface area contributed by atoms with Gasteiger partial charge in [-0.3, -0.25) is 4.90 Å². The lowest BCUT2D eigenvalue weighted by atomic mass is 9.80. The summed E-state index contributed by atoms with van der Waals surface area (Å²) in [7, 11) is 0.428. The molecule has 0 saturated carbocycles. The highest BCUT2D eigenvalue weighted by atomic mass is 32.1. The Balaban J connectivity index is 1.63. The predicted molar refractivity (Wildman–Crippen MR) is 99.9 cm³/mol. The summed E-state index contributed by atoms with van der Waals surface area (Å²) in [6.45, 7) is 1.23. The maximum absolute atomic E-state index is 12.2. The van der Waals surface area contributed by atoms with Crippen molar-refractivity contribution in [3.8, 4) is 5.75 Å². The summed E-state index contributed by atoms with van der Waals surface area (Å²) >= 11 is 1.62. The highest BCUT2D eigenvalue weighted by Gasteiger charge is 2.30. The molecule has 0 aliphatic heterocycles. The second kappa shape index (κ2) is 7.89. The third kappa shape index (κ3) is 5.46. The normalized spacial score (nSPS) is 12.0. The van der Waals surface area contributed by atoms with Gasteiger partial charge in [-0.15, -0.1) is 24.5 Å². The van der Waals surface area contributed by atoms with E-state index in [2.05, 4.69) is 4.74 Å². The van der Waals surface area contributed by atoms with Crippen LogP contribution in [0.1, 0.15) is 10.4 Å². The van der Waals surface area contributed by atoms with Crippen LogP contribution in [0.5, 0.6) is 5.75 Å². The summed E-state index contributed by atoms with van der Waals surface area (Å²) in [5.74, 6) is -0.236. The van der Waals surface area contributed by atoms with Gasteiger partial charge in [-0.1, -0.05) is 24.3 Å². The first-order chi connectivity index (χ1) is 12.7. The molecule has 1 aromatic heterocycles. The van der Waals surface area contributed by atoms with E-state index in [1.165, 1.54) is 12.1 Å². The van der Waals surface area contributed by atoms with Crippen LogP contribution >= 0.6 is 11.3 Å². The Kier molecular flexibility index (Phi) is 5.76. The molecule has 0 radical (unpaired) electrons. The Hall–Kier alpha value is -2.07. The predicted octanol–water partition coefficient (Wildman–Crippen LogP) is 3.11. The molecular formula is C18H17BF3NO3S. The van der Waals surface area contributed by atoms with Gasteiger partial charge in [0.15, 0.2) is 0 Å². The van der Waals surface area contributed by atoms with E-state index in [0.717, 1.165) is 20.5 Å². The summed E-state index contributed by atoms with van der Waals surface area (Å²) in [5.41, 5.74) is 1.32. The van der Waals surface area contributed by atoms with E-state index in [4.69, 9.17) is 0 Å². The second-order valence-electron chi connectivity index (χ2n) is 6.25. The Morgan fingerprint density at radius 1 is 1.04 bits per heavy atom. The molecule has 0 atom stereocenters. The van der Waals surface area contributed by atoms with Gasteiger partial charge in [0, 0.05) is 22.7 Å². The molecule has 27 heavy (non-hydrogen) atoms. The molecule has 0 spiro atoms. The van der Waals surface area contributed by atoms with E-state index in [-0.39, 0.29) is 5.75 Å². The molecule has 0 aliphatic carbocycles. The van der Waals surface area contributed by atoms with Crippen molar-refractivity contribution in [2.75, 3.05) is 7.05 Å². The maximum Gasteiger partial charge on any atom is 0.573 e. The molecule has 1 heterocycles. The molecule has 2 aromatic carbocycles. The molecule has 3 aromatic rings. The summed E-state index contributed by atoms with van der Waals surface area (Å²) < 4.78 is 41.5. The summed E-state index contributed by atoms with van der Waals surface area (Å²) in [4.78, 5) is 3.15. The molecule has 9 heteroatoms. The molecule has 4 nitrogen and oxygen atoms in total. The molecule has 142 valence electrons. The third-order valence-electron chi connectivity index (χ3n) is 3.92. The Morgan fingerprint density at radius 3 is 2.37 bits per heavy atom. The van der Waals surface area contributed by atoms with Gasteiger partial charge in [0.05, 0.1) is 0 Å². The van der Waals surface area contributed by atoms with Crippen molar-refractivity contribution in [1.29, 1.82) is 0 Å². The molecule has 0 fully saturated rings. The molecular weight excluding hydrogens is 378 g/mol. The van der Waals surface area contributed by atoms with Gasteiger partial charge >= 0.3 is 13.5 Å². The monoisotopic (exact) mass is 395 g/mol. The van der Waals surface area contributed by atoms with Crippen molar-refractivity contribution in [1.82, 2.24) is 4.90 Å². The minimum atomic E-state index is -4.69. The quantitative estimate of drug-likeness (QED) is 0.630. The van der Waals surface area contributed by atoms with E-state index < -0.39 is 13.5 Å². The molecule has 0 amide bonds. The number of benzene rings is 2. The minimum absolute atomic E-state index is 0.236. The van der Waals surface area contributed by atoms with Crippen LogP contribution in [-0.4, -0.2) is 35.5 Å². The smallest absolute Gasteiger partial charge is 0.423 e. The first-order valence-electron chi connectivity index (χ1n) is 8.11. The average molecular weight is 395 g/mol. The van der Waals surface area contributed by atoms with Crippen LogP contribution < -0.4 is 10.2 Å². The van der Waals surface area contributed by atoms with Crippen molar-refractivity contribution in [2.24, 2.45) is 0 Å². The largest absolute Gasteiger partial charge is 0.573 e. The average Bonchev–Trinajstić information content (AvgIpc) is 2.96. The zero-order chi connectivity index (χ0) is 19.6. The molecule has 2 N–H and O–H groups in total. The number of hydrogen-bond acceptors (Lipinski definition) is 5. The number of halogens is 3. The van der Waals surface area contributed by atoms with Crippen molar-refractivity contribution >= 4 is 34.0 Å². The topological polar surface area (TPSA) is 52.9 Å². The van der Waals surface area contributed by atoms with Gasteiger partial charge in [-0.05, 0) is 47.7 Å². The SMILES string of the molecule is CN(Cc1ccc(OC(F)(F)F)cc1)Cc1cc2cc(B(O)O)ccc2s1. The van der Waals surface area contributed by atoms with Crippen LogP contribution in [0.2, 0.25) is 0 Å². The Morgan fingerprint density at radius 2 is 1.74 bits per heavy atom. The number of alkyl halides is 3.